The SMILES string of the molecule is CNS(=O)(=O)c1ccc(NCC23CC4CC(CC(C4)C2)C3)c([N+](=O)[O-])c1. The molecular formula is C18H25N3O4S. The van der Waals surface area contributed by atoms with E-state index in [-0.39, 0.29) is 16.0 Å². The Bertz CT molecular complexity index is 802. The minimum Gasteiger partial charge on any atom is -0.379 e. The van der Waals surface area contributed by atoms with Crippen molar-refractivity contribution in [3.63, 3.8) is 0 Å². The summed E-state index contributed by atoms with van der Waals surface area (Å²) in [5.41, 5.74) is 0.463. The lowest BCUT2D eigenvalue weighted by Gasteiger charge is -2.57. The molecule has 0 unspecified atom stereocenters. The van der Waals surface area contributed by atoms with Gasteiger partial charge in [0.25, 0.3) is 5.69 Å². The van der Waals surface area contributed by atoms with Crippen molar-refractivity contribution in [2.24, 2.45) is 23.2 Å². The Morgan fingerprint density at radius 2 is 1.73 bits per heavy atom. The van der Waals surface area contributed by atoms with Gasteiger partial charge in [0.1, 0.15) is 5.69 Å². The Labute approximate surface area is 153 Å². The predicted molar refractivity (Wildman–Crippen MR) is 98.4 cm³/mol. The van der Waals surface area contributed by atoms with Crippen LogP contribution in [0.4, 0.5) is 11.4 Å². The van der Waals surface area contributed by atoms with Crippen molar-refractivity contribution in [1.29, 1.82) is 0 Å². The first-order chi connectivity index (χ1) is 12.3. The molecule has 0 amide bonds. The number of nitrogens with zero attached hydrogens (tertiary/aromatic N) is 1. The number of nitro groups is 1. The Kier molecular flexibility index (Phi) is 4.23. The van der Waals surface area contributed by atoms with Gasteiger partial charge in [-0.1, -0.05) is 0 Å². The number of hydrogen-bond donors (Lipinski definition) is 2. The molecule has 4 saturated carbocycles. The zero-order chi connectivity index (χ0) is 18.5. The van der Waals surface area contributed by atoms with E-state index in [1.54, 1.807) is 0 Å². The van der Waals surface area contributed by atoms with E-state index in [0.717, 1.165) is 30.4 Å². The molecule has 0 aliphatic heterocycles. The van der Waals surface area contributed by atoms with Crippen molar-refractivity contribution in [2.45, 2.75) is 43.4 Å². The normalized spacial score (nSPS) is 32.6. The van der Waals surface area contributed by atoms with Crippen LogP contribution in [0.1, 0.15) is 38.5 Å². The van der Waals surface area contributed by atoms with Gasteiger partial charge in [-0.05, 0) is 80.9 Å². The van der Waals surface area contributed by atoms with Crippen LogP contribution in [0.15, 0.2) is 23.1 Å². The van der Waals surface area contributed by atoms with Gasteiger partial charge in [0.2, 0.25) is 10.0 Å². The van der Waals surface area contributed by atoms with E-state index in [2.05, 4.69) is 10.0 Å². The standard InChI is InChI=1S/C18H25N3O4S/c1-19-26(24,25)15-2-3-16(17(7-15)21(22)23)20-11-18-8-12-4-13(9-18)6-14(5-12)10-18/h2-3,7,12-14,19-20H,4-6,8-11H2,1H3. The number of hydrogen-bond acceptors (Lipinski definition) is 5. The highest BCUT2D eigenvalue weighted by atomic mass is 32.2. The molecule has 0 aromatic heterocycles. The number of benzene rings is 1. The largest absolute Gasteiger partial charge is 0.379 e. The second-order valence-electron chi connectivity index (χ2n) is 8.41. The molecule has 1 aromatic rings. The molecule has 5 rings (SSSR count). The number of anilines is 1. The van der Waals surface area contributed by atoms with E-state index in [1.807, 2.05) is 0 Å². The maximum absolute atomic E-state index is 11.9. The second kappa shape index (κ2) is 6.20. The van der Waals surface area contributed by atoms with Gasteiger partial charge in [0.05, 0.1) is 9.82 Å². The summed E-state index contributed by atoms with van der Waals surface area (Å²) in [6, 6.07) is 4.07. The highest BCUT2D eigenvalue weighted by Gasteiger charge is 2.50. The van der Waals surface area contributed by atoms with E-state index >= 15 is 0 Å². The maximum Gasteiger partial charge on any atom is 0.293 e. The Balaban J connectivity index is 1.56. The molecule has 4 bridgehead atoms. The van der Waals surface area contributed by atoms with Gasteiger partial charge in [-0.3, -0.25) is 10.1 Å². The summed E-state index contributed by atoms with van der Waals surface area (Å²) >= 11 is 0. The van der Waals surface area contributed by atoms with Crippen LogP contribution in [0.5, 0.6) is 0 Å². The molecule has 8 heteroatoms. The first-order valence-electron chi connectivity index (χ1n) is 9.26. The average molecular weight is 379 g/mol. The first kappa shape index (κ1) is 17.7. The molecule has 1 aromatic carbocycles. The molecule has 0 spiro atoms. The minimum absolute atomic E-state index is 0.0907. The summed E-state index contributed by atoms with van der Waals surface area (Å²) in [6.07, 6.45) is 7.71. The van der Waals surface area contributed by atoms with Gasteiger partial charge >= 0.3 is 0 Å². The van der Waals surface area contributed by atoms with Crippen LogP contribution in [-0.4, -0.2) is 26.9 Å². The summed E-state index contributed by atoms with van der Waals surface area (Å²) in [4.78, 5) is 10.9. The summed E-state index contributed by atoms with van der Waals surface area (Å²) in [6.45, 7) is 0.732. The average Bonchev–Trinajstić information content (AvgIpc) is 2.58. The lowest BCUT2D eigenvalue weighted by atomic mass is 9.49. The van der Waals surface area contributed by atoms with E-state index < -0.39 is 14.9 Å². The quantitative estimate of drug-likeness (QED) is 0.584. The molecule has 4 aliphatic carbocycles. The number of nitrogens with one attached hydrogen (secondary N) is 2. The minimum atomic E-state index is -3.70. The molecule has 0 heterocycles. The molecule has 4 aliphatic rings. The van der Waals surface area contributed by atoms with Crippen molar-refractivity contribution >= 4 is 21.4 Å². The van der Waals surface area contributed by atoms with E-state index in [1.165, 1.54) is 57.7 Å². The molecule has 7 nitrogen and oxygen atoms in total. The van der Waals surface area contributed by atoms with E-state index in [0.29, 0.717) is 5.69 Å². The van der Waals surface area contributed by atoms with Crippen molar-refractivity contribution in [2.75, 3.05) is 18.9 Å². The van der Waals surface area contributed by atoms with Crippen molar-refractivity contribution in [3.05, 3.63) is 28.3 Å². The van der Waals surface area contributed by atoms with Crippen LogP contribution in [-0.2, 0) is 10.0 Å². The fraction of sp³-hybridized carbons (Fsp3) is 0.667. The summed E-state index contributed by atoms with van der Waals surface area (Å²) < 4.78 is 26.0. The first-order valence-corrected chi connectivity index (χ1v) is 10.7. The van der Waals surface area contributed by atoms with Crippen molar-refractivity contribution < 1.29 is 13.3 Å². The molecule has 142 valence electrons. The van der Waals surface area contributed by atoms with Gasteiger partial charge in [0, 0.05) is 12.6 Å². The van der Waals surface area contributed by atoms with E-state index in [4.69, 9.17) is 0 Å². The molecular weight excluding hydrogens is 354 g/mol. The van der Waals surface area contributed by atoms with Crippen LogP contribution in [0, 0.1) is 33.3 Å². The molecule has 2 N–H and O–H groups in total. The molecule has 0 saturated heterocycles. The van der Waals surface area contributed by atoms with Crippen LogP contribution < -0.4 is 10.0 Å². The molecule has 0 atom stereocenters. The third kappa shape index (κ3) is 3.09. The van der Waals surface area contributed by atoms with Gasteiger partial charge in [-0.2, -0.15) is 0 Å². The lowest BCUT2D eigenvalue weighted by Crippen LogP contribution is -2.49. The summed E-state index contributed by atoms with van der Waals surface area (Å²) in [5, 5.41) is 14.8. The Morgan fingerprint density at radius 1 is 1.15 bits per heavy atom. The maximum atomic E-state index is 11.9. The molecule has 26 heavy (non-hydrogen) atoms. The second-order valence-corrected chi connectivity index (χ2v) is 10.3. The van der Waals surface area contributed by atoms with Gasteiger partial charge in [0.15, 0.2) is 0 Å². The van der Waals surface area contributed by atoms with Gasteiger partial charge in [-0.25, -0.2) is 13.1 Å². The topological polar surface area (TPSA) is 101 Å². The van der Waals surface area contributed by atoms with Crippen molar-refractivity contribution in [1.82, 2.24) is 4.72 Å². The smallest absolute Gasteiger partial charge is 0.293 e. The Morgan fingerprint density at radius 3 is 2.23 bits per heavy atom. The van der Waals surface area contributed by atoms with Crippen LogP contribution in [0.2, 0.25) is 0 Å². The number of sulfonamides is 1. The predicted octanol–water partition coefficient (Wildman–Crippen LogP) is 3.13. The summed E-state index contributed by atoms with van der Waals surface area (Å²) in [7, 11) is -2.41. The zero-order valence-electron chi connectivity index (χ0n) is 14.9. The highest BCUT2D eigenvalue weighted by molar-refractivity contribution is 7.89. The fourth-order valence-corrected chi connectivity index (χ4v) is 6.64. The van der Waals surface area contributed by atoms with Gasteiger partial charge in [-0.15, -0.1) is 0 Å². The highest BCUT2D eigenvalue weighted by Crippen LogP contribution is 2.60. The monoisotopic (exact) mass is 379 g/mol. The van der Waals surface area contributed by atoms with Crippen LogP contribution >= 0.6 is 0 Å². The lowest BCUT2D eigenvalue weighted by molar-refractivity contribution is -0.384. The van der Waals surface area contributed by atoms with Crippen molar-refractivity contribution in [3.8, 4) is 0 Å². The fourth-order valence-electron chi connectivity index (χ4n) is 5.89. The zero-order valence-corrected chi connectivity index (χ0v) is 15.7. The Hall–Kier alpha value is -1.67. The number of nitro benzene ring substituents is 1. The molecule has 4 fully saturated rings. The molecule has 0 radical (unpaired) electrons. The van der Waals surface area contributed by atoms with Crippen LogP contribution in [0.25, 0.3) is 0 Å². The third-order valence-electron chi connectivity index (χ3n) is 6.56. The third-order valence-corrected chi connectivity index (χ3v) is 7.98. The van der Waals surface area contributed by atoms with Crippen LogP contribution in [0.3, 0.4) is 0 Å². The number of rotatable bonds is 6. The summed E-state index contributed by atoms with van der Waals surface area (Å²) in [5.74, 6) is 2.46. The van der Waals surface area contributed by atoms with Gasteiger partial charge < -0.3 is 5.32 Å². The van der Waals surface area contributed by atoms with E-state index in [9.17, 15) is 18.5 Å².